The molecule has 0 fully saturated rings. The lowest BCUT2D eigenvalue weighted by molar-refractivity contribution is 0.680. The van der Waals surface area contributed by atoms with Crippen LogP contribution >= 0.6 is 11.6 Å². The number of hydrogen-bond donors (Lipinski definition) is 1. The zero-order chi connectivity index (χ0) is 13.8. The maximum Gasteiger partial charge on any atom is 0.0406 e. The Morgan fingerprint density at radius 3 is 2.50 bits per heavy atom. The van der Waals surface area contributed by atoms with Crippen molar-refractivity contribution in [2.24, 2.45) is 0 Å². The maximum absolute atomic E-state index is 5.92. The SMILES string of the molecule is Clc1ccc(CCc2ccc3c(c2)CNCCC3)cc1. The molecule has 20 heavy (non-hydrogen) atoms. The molecule has 0 saturated carbocycles. The lowest BCUT2D eigenvalue weighted by Crippen LogP contribution is -2.12. The minimum Gasteiger partial charge on any atom is -0.313 e. The van der Waals surface area contributed by atoms with Crippen molar-refractivity contribution in [3.63, 3.8) is 0 Å². The minimum absolute atomic E-state index is 0.810. The van der Waals surface area contributed by atoms with Crippen molar-refractivity contribution in [1.29, 1.82) is 0 Å². The molecule has 3 rings (SSSR count). The number of aryl methyl sites for hydroxylation is 3. The first-order valence-corrected chi connectivity index (χ1v) is 7.75. The molecular weight excluding hydrogens is 266 g/mol. The summed E-state index contributed by atoms with van der Waals surface area (Å²) >= 11 is 5.92. The van der Waals surface area contributed by atoms with Crippen LogP contribution in [-0.2, 0) is 25.8 Å². The smallest absolute Gasteiger partial charge is 0.0406 e. The molecule has 0 radical (unpaired) electrons. The van der Waals surface area contributed by atoms with Gasteiger partial charge in [0.1, 0.15) is 0 Å². The van der Waals surface area contributed by atoms with E-state index < -0.39 is 0 Å². The molecule has 0 aromatic heterocycles. The van der Waals surface area contributed by atoms with Crippen LogP contribution in [0.25, 0.3) is 0 Å². The van der Waals surface area contributed by atoms with Gasteiger partial charge in [-0.2, -0.15) is 0 Å². The quantitative estimate of drug-likeness (QED) is 0.893. The van der Waals surface area contributed by atoms with Gasteiger partial charge in [-0.3, -0.25) is 0 Å². The van der Waals surface area contributed by atoms with Gasteiger partial charge in [-0.1, -0.05) is 41.9 Å². The molecular formula is C18H20ClN. The second-order valence-corrected chi connectivity index (χ2v) is 5.95. The van der Waals surface area contributed by atoms with Gasteiger partial charge in [-0.05, 0) is 66.6 Å². The highest BCUT2D eigenvalue weighted by molar-refractivity contribution is 6.30. The van der Waals surface area contributed by atoms with Crippen molar-refractivity contribution in [2.45, 2.75) is 32.2 Å². The molecule has 0 spiro atoms. The highest BCUT2D eigenvalue weighted by atomic mass is 35.5. The predicted octanol–water partition coefficient (Wildman–Crippen LogP) is 4.16. The van der Waals surface area contributed by atoms with E-state index in [1.165, 1.54) is 35.1 Å². The monoisotopic (exact) mass is 285 g/mol. The first kappa shape index (κ1) is 13.7. The van der Waals surface area contributed by atoms with Gasteiger partial charge < -0.3 is 5.32 Å². The van der Waals surface area contributed by atoms with Gasteiger partial charge in [0.25, 0.3) is 0 Å². The Morgan fingerprint density at radius 1 is 0.900 bits per heavy atom. The van der Waals surface area contributed by atoms with Gasteiger partial charge in [0.15, 0.2) is 0 Å². The maximum atomic E-state index is 5.92. The summed E-state index contributed by atoms with van der Waals surface area (Å²) in [6.07, 6.45) is 4.62. The normalized spacial score (nSPS) is 14.7. The number of hydrogen-bond acceptors (Lipinski definition) is 1. The molecule has 1 heterocycles. The number of fused-ring (bicyclic) bond motifs is 1. The molecule has 1 N–H and O–H groups in total. The third-order valence-corrected chi connectivity index (χ3v) is 4.25. The molecule has 2 aromatic carbocycles. The van der Waals surface area contributed by atoms with Crippen molar-refractivity contribution in [1.82, 2.24) is 5.32 Å². The molecule has 0 bridgehead atoms. The highest BCUT2D eigenvalue weighted by Gasteiger charge is 2.07. The molecule has 0 aliphatic carbocycles. The molecule has 2 aromatic rings. The van der Waals surface area contributed by atoms with E-state index in [0.717, 1.165) is 31.0 Å². The molecule has 1 aliphatic heterocycles. The Labute approximate surface area is 126 Å². The number of rotatable bonds is 3. The summed E-state index contributed by atoms with van der Waals surface area (Å²) in [6.45, 7) is 2.15. The fourth-order valence-corrected chi connectivity index (χ4v) is 2.94. The average molecular weight is 286 g/mol. The summed E-state index contributed by atoms with van der Waals surface area (Å²) in [7, 11) is 0. The molecule has 104 valence electrons. The Hall–Kier alpha value is -1.31. The summed E-state index contributed by atoms with van der Waals surface area (Å²) < 4.78 is 0. The molecule has 0 atom stereocenters. The third-order valence-electron chi connectivity index (χ3n) is 4.00. The van der Waals surface area contributed by atoms with Crippen molar-refractivity contribution in [3.05, 3.63) is 69.7 Å². The van der Waals surface area contributed by atoms with Crippen LogP contribution in [-0.4, -0.2) is 6.54 Å². The van der Waals surface area contributed by atoms with Crippen LogP contribution in [0.1, 0.15) is 28.7 Å². The lowest BCUT2D eigenvalue weighted by Gasteiger charge is -2.09. The average Bonchev–Trinajstić information content (AvgIpc) is 2.71. The molecule has 0 unspecified atom stereocenters. The fraction of sp³-hybridized carbons (Fsp3) is 0.333. The van der Waals surface area contributed by atoms with Gasteiger partial charge in [-0.25, -0.2) is 0 Å². The third kappa shape index (κ3) is 3.41. The van der Waals surface area contributed by atoms with Crippen molar-refractivity contribution in [2.75, 3.05) is 6.54 Å². The van der Waals surface area contributed by atoms with Gasteiger partial charge >= 0.3 is 0 Å². The zero-order valence-corrected chi connectivity index (χ0v) is 12.4. The zero-order valence-electron chi connectivity index (χ0n) is 11.7. The van der Waals surface area contributed by atoms with E-state index in [9.17, 15) is 0 Å². The van der Waals surface area contributed by atoms with Crippen molar-refractivity contribution >= 4 is 11.6 Å². The van der Waals surface area contributed by atoms with Crippen LogP contribution < -0.4 is 5.32 Å². The Kier molecular flexibility index (Phi) is 4.39. The summed E-state index contributed by atoms with van der Waals surface area (Å²) in [6, 6.07) is 15.2. The lowest BCUT2D eigenvalue weighted by atomic mass is 9.98. The van der Waals surface area contributed by atoms with E-state index >= 15 is 0 Å². The van der Waals surface area contributed by atoms with Crippen LogP contribution in [0.4, 0.5) is 0 Å². The van der Waals surface area contributed by atoms with E-state index in [1.54, 1.807) is 0 Å². The van der Waals surface area contributed by atoms with E-state index in [-0.39, 0.29) is 0 Å². The highest BCUT2D eigenvalue weighted by Crippen LogP contribution is 2.18. The van der Waals surface area contributed by atoms with E-state index in [4.69, 9.17) is 11.6 Å². The number of nitrogens with one attached hydrogen (secondary N) is 1. The van der Waals surface area contributed by atoms with Crippen LogP contribution in [0, 0.1) is 0 Å². The summed E-state index contributed by atoms with van der Waals surface area (Å²) in [4.78, 5) is 0. The Morgan fingerprint density at radius 2 is 1.65 bits per heavy atom. The molecule has 1 aliphatic rings. The number of halogens is 1. The van der Waals surface area contributed by atoms with Gasteiger partial charge in [0.2, 0.25) is 0 Å². The summed E-state index contributed by atoms with van der Waals surface area (Å²) in [5.41, 5.74) is 5.78. The molecule has 1 nitrogen and oxygen atoms in total. The second-order valence-electron chi connectivity index (χ2n) is 5.51. The second kappa shape index (κ2) is 6.43. The topological polar surface area (TPSA) is 12.0 Å². The fourth-order valence-electron chi connectivity index (χ4n) is 2.81. The van der Waals surface area contributed by atoms with Crippen molar-refractivity contribution < 1.29 is 0 Å². The minimum atomic E-state index is 0.810. The van der Waals surface area contributed by atoms with Crippen molar-refractivity contribution in [3.8, 4) is 0 Å². The molecule has 2 heteroatoms. The van der Waals surface area contributed by atoms with E-state index in [1.807, 2.05) is 12.1 Å². The van der Waals surface area contributed by atoms with Gasteiger partial charge in [0.05, 0.1) is 0 Å². The largest absolute Gasteiger partial charge is 0.313 e. The van der Waals surface area contributed by atoms with Crippen LogP contribution in [0.3, 0.4) is 0 Å². The number of benzene rings is 2. The van der Waals surface area contributed by atoms with Crippen LogP contribution in [0.2, 0.25) is 5.02 Å². The predicted molar refractivity (Wildman–Crippen MR) is 85.3 cm³/mol. The molecule has 0 amide bonds. The summed E-state index contributed by atoms with van der Waals surface area (Å²) in [5.74, 6) is 0. The Balaban J connectivity index is 1.68. The van der Waals surface area contributed by atoms with Crippen LogP contribution in [0.15, 0.2) is 42.5 Å². The standard InChI is InChI=1S/C18H20ClN/c19-18-9-6-14(7-10-18)3-4-15-5-8-16-2-1-11-20-13-17(16)12-15/h5-10,12,20H,1-4,11,13H2. The Bertz CT molecular complexity index is 574. The first-order chi connectivity index (χ1) is 9.81. The van der Waals surface area contributed by atoms with E-state index in [2.05, 4.69) is 35.6 Å². The first-order valence-electron chi connectivity index (χ1n) is 7.37. The van der Waals surface area contributed by atoms with Gasteiger partial charge in [-0.15, -0.1) is 0 Å². The molecule has 0 saturated heterocycles. The van der Waals surface area contributed by atoms with E-state index in [0.29, 0.717) is 0 Å². The summed E-state index contributed by atoms with van der Waals surface area (Å²) in [5, 5.41) is 4.31. The van der Waals surface area contributed by atoms with Crippen LogP contribution in [0.5, 0.6) is 0 Å². The van der Waals surface area contributed by atoms with Gasteiger partial charge in [0, 0.05) is 11.6 Å².